The number of rotatable bonds is 3. The molecule has 5 nitrogen and oxygen atoms in total. The molecule has 1 saturated heterocycles. The fourth-order valence-corrected chi connectivity index (χ4v) is 1.85. The van der Waals surface area contributed by atoms with Gasteiger partial charge in [0.15, 0.2) is 0 Å². The molecule has 0 aliphatic carbocycles. The fraction of sp³-hybridized carbons (Fsp3) is 0.833. The molecule has 0 aromatic rings. The predicted molar refractivity (Wildman–Crippen MR) is 73.7 cm³/mol. The van der Waals surface area contributed by atoms with E-state index in [9.17, 15) is 9.59 Å². The molecule has 106 valence electrons. The summed E-state index contributed by atoms with van der Waals surface area (Å²) in [4.78, 5) is 23.4. The van der Waals surface area contributed by atoms with Gasteiger partial charge in [0.2, 0.25) is 11.8 Å². The van der Waals surface area contributed by atoms with Gasteiger partial charge in [-0.1, -0.05) is 0 Å². The van der Waals surface area contributed by atoms with Gasteiger partial charge in [-0.25, -0.2) is 0 Å². The first kappa shape index (κ1) is 17.2. The van der Waals surface area contributed by atoms with E-state index >= 15 is 0 Å². The molecule has 0 saturated carbocycles. The monoisotopic (exact) mass is 277 g/mol. The van der Waals surface area contributed by atoms with Gasteiger partial charge in [-0.2, -0.15) is 0 Å². The summed E-state index contributed by atoms with van der Waals surface area (Å²) in [7, 11) is 0. The summed E-state index contributed by atoms with van der Waals surface area (Å²) in [6.45, 7) is 9.24. The Morgan fingerprint density at radius 2 is 1.94 bits per heavy atom. The second-order valence-electron chi connectivity index (χ2n) is 5.97. The molecule has 0 aromatic carbocycles. The first-order chi connectivity index (χ1) is 7.73. The molecule has 1 atom stereocenters. The third-order valence-corrected chi connectivity index (χ3v) is 2.84. The van der Waals surface area contributed by atoms with Crippen molar-refractivity contribution in [3.8, 4) is 0 Å². The van der Waals surface area contributed by atoms with E-state index in [1.54, 1.807) is 0 Å². The van der Waals surface area contributed by atoms with Crippen molar-refractivity contribution in [1.82, 2.24) is 16.0 Å². The van der Waals surface area contributed by atoms with E-state index in [1.165, 1.54) is 0 Å². The predicted octanol–water partition coefficient (Wildman–Crippen LogP) is 0.439. The average molecular weight is 278 g/mol. The lowest BCUT2D eigenvalue weighted by Crippen LogP contribution is -2.48. The van der Waals surface area contributed by atoms with E-state index in [4.69, 9.17) is 0 Å². The van der Waals surface area contributed by atoms with Crippen molar-refractivity contribution in [3.63, 3.8) is 0 Å². The van der Waals surface area contributed by atoms with Crippen molar-refractivity contribution >= 4 is 24.2 Å². The maximum Gasteiger partial charge on any atom is 0.239 e. The number of carbonyl (C=O) groups excluding carboxylic acids is 2. The molecule has 1 aliphatic rings. The molecule has 1 unspecified atom stereocenters. The molecule has 6 heteroatoms. The Kier molecular flexibility index (Phi) is 6.10. The maximum absolute atomic E-state index is 11.9. The zero-order valence-electron chi connectivity index (χ0n) is 11.6. The maximum atomic E-state index is 11.9. The van der Waals surface area contributed by atoms with Gasteiger partial charge in [-0.15, -0.1) is 12.4 Å². The van der Waals surface area contributed by atoms with Crippen molar-refractivity contribution in [2.75, 3.05) is 19.6 Å². The number of amides is 2. The minimum atomic E-state index is -0.373. The Labute approximate surface area is 115 Å². The average Bonchev–Trinajstić information content (AvgIpc) is 2.60. The molecule has 0 radical (unpaired) electrons. The summed E-state index contributed by atoms with van der Waals surface area (Å²) in [5, 5.41) is 8.66. The van der Waals surface area contributed by atoms with E-state index in [0.717, 1.165) is 13.0 Å². The third kappa shape index (κ3) is 5.23. The summed E-state index contributed by atoms with van der Waals surface area (Å²) >= 11 is 0. The van der Waals surface area contributed by atoms with Gasteiger partial charge < -0.3 is 16.0 Å². The highest BCUT2D eigenvalue weighted by atomic mass is 35.5. The van der Waals surface area contributed by atoms with Crippen molar-refractivity contribution in [1.29, 1.82) is 0 Å². The minimum Gasteiger partial charge on any atom is -0.350 e. The van der Waals surface area contributed by atoms with Crippen LogP contribution in [0.5, 0.6) is 0 Å². The molecule has 18 heavy (non-hydrogen) atoms. The van der Waals surface area contributed by atoms with Crippen LogP contribution in [0.1, 0.15) is 34.1 Å². The lowest BCUT2D eigenvalue weighted by Gasteiger charge is -2.23. The van der Waals surface area contributed by atoms with Crippen LogP contribution in [0.4, 0.5) is 0 Å². The summed E-state index contributed by atoms with van der Waals surface area (Å²) < 4.78 is 0. The Bertz CT molecular complexity index is 307. The first-order valence-electron chi connectivity index (χ1n) is 6.03. The van der Waals surface area contributed by atoms with E-state index in [-0.39, 0.29) is 41.7 Å². The Morgan fingerprint density at radius 1 is 1.33 bits per heavy atom. The number of halogens is 1. The van der Waals surface area contributed by atoms with Crippen LogP contribution in [-0.2, 0) is 9.59 Å². The third-order valence-electron chi connectivity index (χ3n) is 2.84. The van der Waals surface area contributed by atoms with Gasteiger partial charge in [0.25, 0.3) is 0 Å². The lowest BCUT2D eigenvalue weighted by molar-refractivity contribution is -0.132. The summed E-state index contributed by atoms with van der Waals surface area (Å²) in [6.07, 6.45) is 0.819. The molecule has 1 rings (SSSR count). The Hall–Kier alpha value is -0.810. The second-order valence-corrected chi connectivity index (χ2v) is 5.97. The van der Waals surface area contributed by atoms with E-state index in [0.29, 0.717) is 6.54 Å². The van der Waals surface area contributed by atoms with Gasteiger partial charge in [0.1, 0.15) is 0 Å². The number of nitrogens with one attached hydrogen (secondary N) is 3. The molecule has 0 bridgehead atoms. The zero-order valence-corrected chi connectivity index (χ0v) is 12.4. The van der Waals surface area contributed by atoms with E-state index in [2.05, 4.69) is 16.0 Å². The summed E-state index contributed by atoms with van der Waals surface area (Å²) in [6, 6.07) is 0. The standard InChI is InChI=1S/C12H23N3O2.ClH/c1-11(2,3)15-9(16)7-14-10(17)12(4)5-6-13-8-12;/h13H,5-8H2,1-4H3,(H,14,17)(H,15,16);1H. The molecular weight excluding hydrogens is 254 g/mol. The van der Waals surface area contributed by atoms with E-state index in [1.807, 2.05) is 27.7 Å². The van der Waals surface area contributed by atoms with Gasteiger partial charge in [-0.3, -0.25) is 9.59 Å². The molecule has 1 heterocycles. The zero-order chi connectivity index (χ0) is 13.1. The molecule has 0 spiro atoms. The van der Waals surface area contributed by atoms with Gasteiger partial charge >= 0.3 is 0 Å². The van der Waals surface area contributed by atoms with Crippen LogP contribution >= 0.6 is 12.4 Å². The quantitative estimate of drug-likeness (QED) is 0.701. The smallest absolute Gasteiger partial charge is 0.239 e. The van der Waals surface area contributed by atoms with Crippen LogP contribution in [0, 0.1) is 5.41 Å². The molecule has 2 amide bonds. The second kappa shape index (κ2) is 6.38. The van der Waals surface area contributed by atoms with Crippen LogP contribution in [0.2, 0.25) is 0 Å². The van der Waals surface area contributed by atoms with Crippen LogP contribution in [0.3, 0.4) is 0 Å². The minimum absolute atomic E-state index is 0. The largest absolute Gasteiger partial charge is 0.350 e. The fourth-order valence-electron chi connectivity index (χ4n) is 1.85. The van der Waals surface area contributed by atoms with Gasteiger partial charge in [0, 0.05) is 12.1 Å². The number of hydrogen-bond acceptors (Lipinski definition) is 3. The Balaban J connectivity index is 0.00000289. The van der Waals surface area contributed by atoms with E-state index < -0.39 is 0 Å². The number of hydrogen-bond donors (Lipinski definition) is 3. The first-order valence-corrected chi connectivity index (χ1v) is 6.03. The Morgan fingerprint density at radius 3 is 2.39 bits per heavy atom. The van der Waals surface area contributed by atoms with Crippen molar-refractivity contribution in [3.05, 3.63) is 0 Å². The highest BCUT2D eigenvalue weighted by molar-refractivity contribution is 5.88. The normalized spacial score (nSPS) is 23.1. The molecule has 1 fully saturated rings. The molecule has 1 aliphatic heterocycles. The van der Waals surface area contributed by atoms with Crippen molar-refractivity contribution in [2.45, 2.75) is 39.7 Å². The number of carbonyl (C=O) groups is 2. The molecular formula is C12H24ClN3O2. The van der Waals surface area contributed by atoms with Crippen LogP contribution < -0.4 is 16.0 Å². The SMILES string of the molecule is CC(C)(C)NC(=O)CNC(=O)C1(C)CCNC1.Cl. The molecule has 0 aromatic heterocycles. The van der Waals surface area contributed by atoms with Gasteiger partial charge in [-0.05, 0) is 40.7 Å². The highest BCUT2D eigenvalue weighted by Gasteiger charge is 2.36. The van der Waals surface area contributed by atoms with Crippen LogP contribution in [-0.4, -0.2) is 37.0 Å². The highest BCUT2D eigenvalue weighted by Crippen LogP contribution is 2.24. The lowest BCUT2D eigenvalue weighted by atomic mass is 9.89. The summed E-state index contributed by atoms with van der Waals surface area (Å²) in [5.41, 5.74) is -0.636. The van der Waals surface area contributed by atoms with Crippen molar-refractivity contribution in [2.24, 2.45) is 5.41 Å². The topological polar surface area (TPSA) is 70.2 Å². The van der Waals surface area contributed by atoms with Crippen molar-refractivity contribution < 1.29 is 9.59 Å². The molecule has 3 N–H and O–H groups in total. The van der Waals surface area contributed by atoms with Gasteiger partial charge in [0.05, 0.1) is 12.0 Å². The summed E-state index contributed by atoms with van der Waals surface area (Å²) in [5.74, 6) is -0.202. The van der Waals surface area contributed by atoms with Crippen LogP contribution in [0.25, 0.3) is 0 Å². The van der Waals surface area contributed by atoms with Crippen LogP contribution in [0.15, 0.2) is 0 Å².